The van der Waals surface area contributed by atoms with Crippen molar-refractivity contribution in [2.24, 2.45) is 0 Å². The summed E-state index contributed by atoms with van der Waals surface area (Å²) in [5.41, 5.74) is 5.21. The summed E-state index contributed by atoms with van der Waals surface area (Å²) in [5, 5.41) is 20.3. The molecule has 0 radical (unpaired) electrons. The molecule has 0 saturated carbocycles. The average Bonchev–Trinajstić information content (AvgIpc) is 2.46. The number of hydrogen-bond acceptors (Lipinski definition) is 2. The third kappa shape index (κ3) is 2.51. The van der Waals surface area contributed by atoms with Crippen LogP contribution in [-0.2, 0) is 19.3 Å². The van der Waals surface area contributed by atoms with Gasteiger partial charge in [0.1, 0.15) is 11.5 Å². The second kappa shape index (κ2) is 6.00. The first kappa shape index (κ1) is 14.4. The van der Waals surface area contributed by atoms with Crippen LogP contribution in [0.5, 0.6) is 11.5 Å². The number of aryl methyl sites for hydroxylation is 3. The molecule has 2 rings (SSSR count). The minimum Gasteiger partial charge on any atom is -0.507 e. The van der Waals surface area contributed by atoms with E-state index in [0.717, 1.165) is 24.8 Å². The summed E-state index contributed by atoms with van der Waals surface area (Å²) < 4.78 is 0. The molecule has 0 unspecified atom stereocenters. The standard InChI is InChI=1S/C18H22O2/c1-4-12-10-13(5-2)17(14(6-3)11-12)18-15(19)8-7-9-16(18)20/h7-11,19-20H,4-6H2,1-3H3. The van der Waals surface area contributed by atoms with Gasteiger partial charge < -0.3 is 10.2 Å². The van der Waals surface area contributed by atoms with Crippen LogP contribution in [-0.4, -0.2) is 10.2 Å². The zero-order chi connectivity index (χ0) is 14.7. The van der Waals surface area contributed by atoms with E-state index in [0.29, 0.717) is 5.56 Å². The number of phenols is 2. The molecule has 2 aromatic carbocycles. The zero-order valence-corrected chi connectivity index (χ0v) is 12.4. The fraction of sp³-hybridized carbons (Fsp3) is 0.333. The lowest BCUT2D eigenvalue weighted by molar-refractivity contribution is 0.454. The van der Waals surface area contributed by atoms with Gasteiger partial charge in [0.05, 0.1) is 5.56 Å². The molecule has 106 valence electrons. The van der Waals surface area contributed by atoms with E-state index in [1.807, 2.05) is 0 Å². The summed E-state index contributed by atoms with van der Waals surface area (Å²) in [6, 6.07) is 9.27. The first-order valence-corrected chi connectivity index (χ1v) is 7.28. The first-order valence-electron chi connectivity index (χ1n) is 7.28. The van der Waals surface area contributed by atoms with E-state index in [9.17, 15) is 10.2 Å². The van der Waals surface area contributed by atoms with Crippen molar-refractivity contribution in [3.05, 3.63) is 47.0 Å². The molecule has 0 saturated heterocycles. The summed E-state index contributed by atoms with van der Waals surface area (Å²) in [6.45, 7) is 6.36. The summed E-state index contributed by atoms with van der Waals surface area (Å²) >= 11 is 0. The van der Waals surface area contributed by atoms with Crippen molar-refractivity contribution in [1.82, 2.24) is 0 Å². The molecule has 0 heterocycles. The van der Waals surface area contributed by atoms with Gasteiger partial charge in [0.15, 0.2) is 0 Å². The lowest BCUT2D eigenvalue weighted by Crippen LogP contribution is -1.98. The van der Waals surface area contributed by atoms with E-state index in [2.05, 4.69) is 32.9 Å². The number of benzene rings is 2. The Bertz CT molecular complexity index is 570. The van der Waals surface area contributed by atoms with Gasteiger partial charge in [-0.05, 0) is 53.6 Å². The third-order valence-electron chi connectivity index (χ3n) is 3.80. The Morgan fingerprint density at radius 2 is 1.25 bits per heavy atom. The summed E-state index contributed by atoms with van der Waals surface area (Å²) in [4.78, 5) is 0. The molecule has 0 aromatic heterocycles. The van der Waals surface area contributed by atoms with Crippen LogP contribution in [0.2, 0.25) is 0 Å². The van der Waals surface area contributed by atoms with Crippen molar-refractivity contribution in [2.75, 3.05) is 0 Å². The fourth-order valence-electron chi connectivity index (χ4n) is 2.71. The van der Waals surface area contributed by atoms with E-state index in [4.69, 9.17) is 0 Å². The molecule has 0 spiro atoms. The van der Waals surface area contributed by atoms with Gasteiger partial charge in [-0.2, -0.15) is 0 Å². The van der Waals surface area contributed by atoms with Crippen molar-refractivity contribution in [1.29, 1.82) is 0 Å². The molecule has 20 heavy (non-hydrogen) atoms. The second-order valence-electron chi connectivity index (χ2n) is 5.02. The van der Waals surface area contributed by atoms with Crippen LogP contribution in [0.25, 0.3) is 11.1 Å². The Morgan fingerprint density at radius 3 is 1.65 bits per heavy atom. The van der Waals surface area contributed by atoms with Crippen molar-refractivity contribution < 1.29 is 10.2 Å². The Balaban J connectivity index is 2.78. The second-order valence-corrected chi connectivity index (χ2v) is 5.02. The predicted octanol–water partition coefficient (Wildman–Crippen LogP) is 4.45. The molecular weight excluding hydrogens is 248 g/mol. The minimum absolute atomic E-state index is 0.138. The van der Waals surface area contributed by atoms with Gasteiger partial charge in [0, 0.05) is 0 Å². The molecule has 2 nitrogen and oxygen atoms in total. The van der Waals surface area contributed by atoms with Crippen molar-refractivity contribution in [3.8, 4) is 22.6 Å². The molecular formula is C18H22O2. The Morgan fingerprint density at radius 1 is 0.750 bits per heavy atom. The highest BCUT2D eigenvalue weighted by molar-refractivity contribution is 5.81. The molecule has 0 fully saturated rings. The predicted molar refractivity (Wildman–Crippen MR) is 83.3 cm³/mol. The minimum atomic E-state index is 0.138. The third-order valence-corrected chi connectivity index (χ3v) is 3.80. The van der Waals surface area contributed by atoms with Crippen molar-refractivity contribution in [3.63, 3.8) is 0 Å². The van der Waals surface area contributed by atoms with Crippen LogP contribution >= 0.6 is 0 Å². The van der Waals surface area contributed by atoms with Gasteiger partial charge in [-0.1, -0.05) is 39.0 Å². The van der Waals surface area contributed by atoms with E-state index in [-0.39, 0.29) is 11.5 Å². The number of aromatic hydroxyl groups is 2. The molecule has 2 aromatic rings. The Labute approximate surface area is 120 Å². The quantitative estimate of drug-likeness (QED) is 0.861. The Kier molecular flexibility index (Phi) is 4.33. The maximum Gasteiger partial charge on any atom is 0.127 e. The SMILES string of the molecule is CCc1cc(CC)c(-c2c(O)cccc2O)c(CC)c1. The molecule has 0 aliphatic rings. The van der Waals surface area contributed by atoms with Crippen molar-refractivity contribution in [2.45, 2.75) is 40.0 Å². The van der Waals surface area contributed by atoms with E-state index >= 15 is 0 Å². The summed E-state index contributed by atoms with van der Waals surface area (Å²) in [7, 11) is 0. The summed E-state index contributed by atoms with van der Waals surface area (Å²) in [6.07, 6.45) is 2.75. The molecule has 0 aliphatic heterocycles. The first-order chi connectivity index (χ1) is 9.62. The molecule has 0 bridgehead atoms. The van der Waals surface area contributed by atoms with Gasteiger partial charge in [0.2, 0.25) is 0 Å². The average molecular weight is 270 g/mol. The van der Waals surface area contributed by atoms with Crippen LogP contribution in [0.3, 0.4) is 0 Å². The molecule has 0 aliphatic carbocycles. The van der Waals surface area contributed by atoms with Crippen LogP contribution in [0.15, 0.2) is 30.3 Å². The highest BCUT2D eigenvalue weighted by Gasteiger charge is 2.17. The normalized spacial score (nSPS) is 10.8. The zero-order valence-electron chi connectivity index (χ0n) is 12.4. The molecule has 2 heteroatoms. The van der Waals surface area contributed by atoms with E-state index < -0.39 is 0 Å². The number of hydrogen-bond donors (Lipinski definition) is 2. The summed E-state index contributed by atoms with van der Waals surface area (Å²) in [5.74, 6) is 0.275. The number of phenolic OH excluding ortho intramolecular Hbond substituents is 2. The molecule has 0 atom stereocenters. The smallest absolute Gasteiger partial charge is 0.127 e. The monoisotopic (exact) mass is 270 g/mol. The van der Waals surface area contributed by atoms with Crippen LogP contribution in [0, 0.1) is 0 Å². The van der Waals surface area contributed by atoms with Gasteiger partial charge in [-0.15, -0.1) is 0 Å². The van der Waals surface area contributed by atoms with E-state index in [1.165, 1.54) is 16.7 Å². The highest BCUT2D eigenvalue weighted by atomic mass is 16.3. The van der Waals surface area contributed by atoms with Gasteiger partial charge in [-0.25, -0.2) is 0 Å². The van der Waals surface area contributed by atoms with Crippen LogP contribution in [0.4, 0.5) is 0 Å². The van der Waals surface area contributed by atoms with Crippen molar-refractivity contribution >= 4 is 0 Å². The topological polar surface area (TPSA) is 40.5 Å². The maximum absolute atomic E-state index is 10.2. The highest BCUT2D eigenvalue weighted by Crippen LogP contribution is 2.41. The van der Waals surface area contributed by atoms with Crippen LogP contribution < -0.4 is 0 Å². The molecule has 0 amide bonds. The van der Waals surface area contributed by atoms with Crippen LogP contribution in [0.1, 0.15) is 37.5 Å². The lowest BCUT2D eigenvalue weighted by atomic mass is 9.88. The fourth-order valence-corrected chi connectivity index (χ4v) is 2.71. The molecule has 2 N–H and O–H groups in total. The van der Waals surface area contributed by atoms with Gasteiger partial charge in [-0.3, -0.25) is 0 Å². The van der Waals surface area contributed by atoms with Gasteiger partial charge >= 0.3 is 0 Å². The van der Waals surface area contributed by atoms with Gasteiger partial charge in [0.25, 0.3) is 0 Å². The lowest BCUT2D eigenvalue weighted by Gasteiger charge is -2.17. The largest absolute Gasteiger partial charge is 0.507 e. The number of rotatable bonds is 4. The Hall–Kier alpha value is -1.96. The van der Waals surface area contributed by atoms with E-state index in [1.54, 1.807) is 18.2 Å². The maximum atomic E-state index is 10.2.